The first-order chi connectivity index (χ1) is 7.46. The van der Waals surface area contributed by atoms with Crippen LogP contribution in [0.5, 0.6) is 0 Å². The fourth-order valence-corrected chi connectivity index (χ4v) is 0.385. The van der Waals surface area contributed by atoms with E-state index < -0.39 is 0 Å². The van der Waals surface area contributed by atoms with E-state index in [1.807, 2.05) is 50.2 Å². The van der Waals surface area contributed by atoms with Crippen molar-refractivity contribution in [3.63, 3.8) is 0 Å². The summed E-state index contributed by atoms with van der Waals surface area (Å²) in [6.07, 6.45) is 0. The van der Waals surface area contributed by atoms with Crippen molar-refractivity contribution < 1.29 is 1.43 Å². The number of rotatable bonds is 0. The first-order valence-electron chi connectivity index (χ1n) is 6.46. The lowest BCUT2D eigenvalue weighted by Crippen LogP contribution is -1.66. The van der Waals surface area contributed by atoms with Crippen LogP contribution in [0.3, 0.4) is 0 Å². The molecule has 1 aromatic carbocycles. The maximum atomic E-state index is 2.17. The molecule has 0 aliphatic rings. The molecule has 0 N–H and O–H groups in total. The molecule has 1 rings (SSSR count). The van der Waals surface area contributed by atoms with Gasteiger partial charge in [0.2, 0.25) is 0 Å². The van der Waals surface area contributed by atoms with Crippen LogP contribution < -0.4 is 0 Å². The van der Waals surface area contributed by atoms with Gasteiger partial charge < -0.3 is 0 Å². The molecule has 0 heterocycles. The summed E-state index contributed by atoms with van der Waals surface area (Å²) in [6.45, 7) is 17.0. The molecule has 1 heteroatoms. The molecule has 117 valence electrons. The van der Waals surface area contributed by atoms with Crippen molar-refractivity contribution in [2.75, 3.05) is 0 Å². The summed E-state index contributed by atoms with van der Waals surface area (Å²) in [5.41, 5.74) is 0. The Bertz CT molecular complexity index is 136. The molecule has 0 amide bonds. The van der Waals surface area contributed by atoms with Crippen molar-refractivity contribution in [1.82, 2.24) is 0 Å². The van der Waals surface area contributed by atoms with Crippen LogP contribution in [0.25, 0.3) is 0 Å². The van der Waals surface area contributed by atoms with Gasteiger partial charge in [-0.1, -0.05) is 107 Å². The molecule has 0 nitrogen and oxygen atoms in total. The Morgan fingerprint density at radius 2 is 0.579 bits per heavy atom. The van der Waals surface area contributed by atoms with Gasteiger partial charge >= 0.3 is 0 Å². The standard InChI is InChI=1S/C6H6.2C4H10.C2H6.2CH4.B.H2/c1-2-4-6-5-3-1;2*1-4(2)3;1-2;;;;/h1-6H;2*4H,1-3H3;1-2H3;2*1H4;;1H/i;;;;;;;1+1. The topological polar surface area (TPSA) is 0 Å². The molecule has 0 aromatic heterocycles. The Labute approximate surface area is 129 Å². The highest BCUT2D eigenvalue weighted by atomic mass is 13.7. The lowest BCUT2D eigenvalue weighted by molar-refractivity contribution is 0.736. The van der Waals surface area contributed by atoms with Crippen LogP contribution in [-0.4, -0.2) is 8.41 Å². The molecule has 0 saturated carbocycles. The van der Waals surface area contributed by atoms with Gasteiger partial charge in [0, 0.05) is 9.84 Å². The third-order valence-corrected chi connectivity index (χ3v) is 0.667. The third kappa shape index (κ3) is 145. The number of benzene rings is 1. The predicted molar refractivity (Wildman–Crippen MR) is 100 cm³/mol. The van der Waals surface area contributed by atoms with Crippen molar-refractivity contribution >= 4 is 8.41 Å². The summed E-state index contributed by atoms with van der Waals surface area (Å²) < 4.78 is 0. The van der Waals surface area contributed by atoms with Crippen LogP contribution >= 0.6 is 0 Å². The Balaban J connectivity index is -0.0000000223. The van der Waals surface area contributed by atoms with E-state index in [9.17, 15) is 0 Å². The van der Waals surface area contributed by atoms with E-state index >= 15 is 0 Å². The minimum Gasteiger partial charge on any atom is -0.0776 e. The molecule has 0 atom stereocenters. The summed E-state index contributed by atoms with van der Waals surface area (Å²) in [4.78, 5) is 0. The SMILES string of the molecule is C.C.CC.CC(C)C.CC(C)C.[2HH].[B].c1ccccc1. The minimum atomic E-state index is 0. The van der Waals surface area contributed by atoms with Crippen LogP contribution in [0.1, 0.15) is 71.7 Å². The maximum absolute atomic E-state index is 2.17. The van der Waals surface area contributed by atoms with Gasteiger partial charge in [0.15, 0.2) is 0 Å². The van der Waals surface area contributed by atoms with Crippen molar-refractivity contribution in [3.05, 3.63) is 36.4 Å². The molecule has 0 fully saturated rings. The van der Waals surface area contributed by atoms with Gasteiger partial charge in [-0.15, -0.1) is 0 Å². The molecular weight excluding hydrogens is 227 g/mol. The van der Waals surface area contributed by atoms with Gasteiger partial charge in [-0.25, -0.2) is 0 Å². The molecule has 0 unspecified atom stereocenters. The van der Waals surface area contributed by atoms with Gasteiger partial charge in [-0.2, -0.15) is 0 Å². The summed E-state index contributed by atoms with van der Waals surface area (Å²) in [5.74, 6) is 1.67. The molecule has 0 spiro atoms. The fourth-order valence-electron chi connectivity index (χ4n) is 0.385. The number of hydrogen-bond acceptors (Lipinski definition) is 0. The average Bonchev–Trinajstić information content (AvgIpc) is 2.22. The smallest absolute Gasteiger partial charge is 0 e. The van der Waals surface area contributed by atoms with Gasteiger partial charge in [-0.3, -0.25) is 0 Å². The highest BCUT2D eigenvalue weighted by Crippen LogP contribution is 1.81. The molecule has 1 aromatic rings. The summed E-state index contributed by atoms with van der Waals surface area (Å²) in [5, 5.41) is 0. The van der Waals surface area contributed by atoms with E-state index in [0.29, 0.717) is 0 Å². The lowest BCUT2D eigenvalue weighted by Gasteiger charge is -1.79. The second kappa shape index (κ2) is 36.0. The average molecular weight is 270 g/mol. The Kier molecular flexibility index (Phi) is 68.6. The molecule has 3 radical (unpaired) electrons. The van der Waals surface area contributed by atoms with Crippen LogP contribution in [0.2, 0.25) is 0 Å². The second-order valence-electron chi connectivity index (χ2n) is 4.62. The zero-order valence-electron chi connectivity index (χ0n) is 13.2. The Morgan fingerprint density at radius 3 is 0.632 bits per heavy atom. The largest absolute Gasteiger partial charge is 0.0776 e. The van der Waals surface area contributed by atoms with E-state index in [0.717, 1.165) is 11.8 Å². The minimum absolute atomic E-state index is 0. The van der Waals surface area contributed by atoms with E-state index in [2.05, 4.69) is 41.5 Å². The van der Waals surface area contributed by atoms with Gasteiger partial charge in [-0.05, 0) is 11.8 Å². The quantitative estimate of drug-likeness (QED) is 0.438. The highest BCUT2D eigenvalue weighted by Gasteiger charge is 1.68. The van der Waals surface area contributed by atoms with Crippen molar-refractivity contribution in [1.29, 1.82) is 0 Å². The van der Waals surface area contributed by atoms with Crippen molar-refractivity contribution in [3.8, 4) is 0 Å². The monoisotopic (exact) mass is 270 g/mol. The van der Waals surface area contributed by atoms with Crippen molar-refractivity contribution in [2.45, 2.75) is 70.2 Å². The van der Waals surface area contributed by atoms with Crippen LogP contribution in [0.4, 0.5) is 0 Å². The van der Waals surface area contributed by atoms with Crippen LogP contribution in [0.15, 0.2) is 36.4 Å². The zero-order valence-corrected chi connectivity index (χ0v) is 13.2. The summed E-state index contributed by atoms with van der Waals surface area (Å²) in [7, 11) is 0. The molecular formula is C18H42B. The van der Waals surface area contributed by atoms with Crippen LogP contribution in [0, 0.1) is 11.8 Å². The highest BCUT2D eigenvalue weighted by molar-refractivity contribution is 5.75. The fraction of sp³-hybridized carbons (Fsp3) is 0.667. The summed E-state index contributed by atoms with van der Waals surface area (Å²) >= 11 is 0. The van der Waals surface area contributed by atoms with Gasteiger partial charge in [0.05, 0.1) is 0 Å². The van der Waals surface area contributed by atoms with E-state index in [1.54, 1.807) is 0 Å². The molecule has 19 heavy (non-hydrogen) atoms. The normalized spacial score (nSPS) is 6.63. The summed E-state index contributed by atoms with van der Waals surface area (Å²) in [6, 6.07) is 12.0. The predicted octanol–water partition coefficient (Wildman–Crippen LogP) is 7.17. The third-order valence-electron chi connectivity index (χ3n) is 0.667. The van der Waals surface area contributed by atoms with Crippen molar-refractivity contribution in [2.24, 2.45) is 11.8 Å². The second-order valence-corrected chi connectivity index (χ2v) is 4.62. The Hall–Kier alpha value is -0.715. The van der Waals surface area contributed by atoms with E-state index in [1.165, 1.54) is 0 Å². The first kappa shape index (κ1) is 36.2. The first-order valence-corrected chi connectivity index (χ1v) is 6.46. The molecule has 0 aliphatic carbocycles. The van der Waals surface area contributed by atoms with Crippen LogP contribution in [-0.2, 0) is 0 Å². The maximum Gasteiger partial charge on any atom is 0 e. The number of hydrogen-bond donors (Lipinski definition) is 0. The van der Waals surface area contributed by atoms with E-state index in [-0.39, 0.29) is 24.7 Å². The Morgan fingerprint density at radius 1 is 0.526 bits per heavy atom. The molecule has 0 bridgehead atoms. The molecule has 0 aliphatic heterocycles. The molecule has 0 saturated heterocycles. The van der Waals surface area contributed by atoms with Gasteiger partial charge in [0.25, 0.3) is 0 Å². The lowest BCUT2D eigenvalue weighted by atomic mass is 10.3. The van der Waals surface area contributed by atoms with E-state index in [4.69, 9.17) is 0 Å². The van der Waals surface area contributed by atoms with Gasteiger partial charge in [0.1, 0.15) is 0 Å². The zero-order chi connectivity index (χ0) is 13.4.